The predicted octanol–water partition coefficient (Wildman–Crippen LogP) is 0.762. The number of nitrogens with one attached hydrogen (secondary N) is 1. The molecule has 1 aliphatic carbocycles. The Labute approximate surface area is 55.8 Å². The van der Waals surface area contributed by atoms with Crippen molar-refractivity contribution in [3.63, 3.8) is 0 Å². The molecule has 2 heterocycles. The molecule has 1 heteroatoms. The van der Waals surface area contributed by atoms with E-state index in [0.29, 0.717) is 0 Å². The summed E-state index contributed by atoms with van der Waals surface area (Å²) in [5, 5.41) is 3.43. The van der Waals surface area contributed by atoms with Crippen molar-refractivity contribution in [1.29, 1.82) is 0 Å². The molecule has 0 spiro atoms. The van der Waals surface area contributed by atoms with Crippen LogP contribution >= 0.6 is 0 Å². The zero-order valence-corrected chi connectivity index (χ0v) is 5.70. The van der Waals surface area contributed by atoms with E-state index in [9.17, 15) is 0 Å². The molecule has 2 saturated heterocycles. The van der Waals surface area contributed by atoms with Crippen molar-refractivity contribution in [2.45, 2.75) is 25.3 Å². The van der Waals surface area contributed by atoms with E-state index in [-0.39, 0.29) is 5.54 Å². The molecule has 9 heavy (non-hydrogen) atoms. The largest absolute Gasteiger partial charge is 0.301 e. The van der Waals surface area contributed by atoms with Gasteiger partial charge in [-0.25, -0.2) is 0 Å². The maximum Gasteiger partial charge on any atom is 0.0807 e. The highest BCUT2D eigenvalue weighted by Gasteiger charge is 2.48. The van der Waals surface area contributed by atoms with Crippen LogP contribution in [0.1, 0.15) is 19.8 Å². The minimum absolute atomic E-state index is 0.277. The first kappa shape index (κ1) is 5.32. The lowest BCUT2D eigenvalue weighted by Gasteiger charge is -2.32. The van der Waals surface area contributed by atoms with E-state index < -0.39 is 0 Å². The van der Waals surface area contributed by atoms with E-state index in [1.807, 2.05) is 6.92 Å². The van der Waals surface area contributed by atoms with Crippen LogP contribution in [0.25, 0.3) is 0 Å². The monoisotopic (exact) mass is 121 g/mol. The van der Waals surface area contributed by atoms with Crippen molar-refractivity contribution in [2.24, 2.45) is 5.92 Å². The molecule has 1 N–H and O–H groups in total. The highest BCUT2D eigenvalue weighted by Crippen LogP contribution is 2.42. The van der Waals surface area contributed by atoms with Crippen molar-refractivity contribution < 1.29 is 0 Å². The normalized spacial score (nSPS) is 45.2. The molecule has 1 saturated carbocycles. The van der Waals surface area contributed by atoms with Crippen LogP contribution in [0.15, 0.2) is 0 Å². The fraction of sp³-hybridized carbons (Fsp3) is 0.750. The Bertz CT molecular complexity index is 173. The van der Waals surface area contributed by atoms with Gasteiger partial charge in [0, 0.05) is 0 Å². The van der Waals surface area contributed by atoms with Gasteiger partial charge in [-0.05, 0) is 32.2 Å². The van der Waals surface area contributed by atoms with Gasteiger partial charge < -0.3 is 5.32 Å². The van der Waals surface area contributed by atoms with Crippen LogP contribution in [0, 0.1) is 17.8 Å². The first-order valence-electron chi connectivity index (χ1n) is 3.54. The molecule has 0 aromatic rings. The summed E-state index contributed by atoms with van der Waals surface area (Å²) < 4.78 is 0. The smallest absolute Gasteiger partial charge is 0.0807 e. The summed E-state index contributed by atoms with van der Waals surface area (Å²) in [7, 11) is 0. The third-order valence-corrected chi connectivity index (χ3v) is 2.37. The van der Waals surface area contributed by atoms with Crippen LogP contribution in [0.2, 0.25) is 0 Å². The fourth-order valence-electron chi connectivity index (χ4n) is 1.94. The number of hydrogen-bond donors (Lipinski definition) is 1. The standard InChI is InChI=1S/C8H11N/c1-2-3-8-4-7(5-8)6-9-8/h7,9H,4-6H2,1H3. The van der Waals surface area contributed by atoms with Gasteiger partial charge in [0.25, 0.3) is 0 Å². The quantitative estimate of drug-likeness (QED) is 0.467. The van der Waals surface area contributed by atoms with Crippen molar-refractivity contribution >= 4 is 0 Å². The minimum atomic E-state index is 0.277. The first-order valence-corrected chi connectivity index (χ1v) is 3.54. The predicted molar refractivity (Wildman–Crippen MR) is 36.9 cm³/mol. The van der Waals surface area contributed by atoms with Gasteiger partial charge in [-0.3, -0.25) is 0 Å². The van der Waals surface area contributed by atoms with Crippen molar-refractivity contribution in [3.05, 3.63) is 0 Å². The molecule has 48 valence electrons. The molecule has 2 aliphatic heterocycles. The van der Waals surface area contributed by atoms with E-state index in [1.54, 1.807) is 0 Å². The van der Waals surface area contributed by atoms with Gasteiger partial charge in [0.1, 0.15) is 0 Å². The Hall–Kier alpha value is -0.480. The van der Waals surface area contributed by atoms with Gasteiger partial charge >= 0.3 is 0 Å². The highest BCUT2D eigenvalue weighted by atomic mass is 15.1. The third-order valence-electron chi connectivity index (χ3n) is 2.37. The van der Waals surface area contributed by atoms with Gasteiger partial charge in [0.05, 0.1) is 5.54 Å². The number of hydrogen-bond acceptors (Lipinski definition) is 1. The van der Waals surface area contributed by atoms with Gasteiger partial charge in [-0.15, -0.1) is 5.92 Å². The number of rotatable bonds is 0. The second-order valence-electron chi connectivity index (χ2n) is 3.11. The molecule has 3 fully saturated rings. The summed E-state index contributed by atoms with van der Waals surface area (Å²) in [6, 6.07) is 0. The lowest BCUT2D eigenvalue weighted by Crippen LogP contribution is -2.41. The molecule has 3 aliphatic rings. The van der Waals surface area contributed by atoms with Crippen LogP contribution in [0.3, 0.4) is 0 Å². The summed E-state index contributed by atoms with van der Waals surface area (Å²) in [5.41, 5.74) is 0.277. The van der Waals surface area contributed by atoms with E-state index in [0.717, 1.165) is 5.92 Å². The van der Waals surface area contributed by atoms with Crippen molar-refractivity contribution in [3.8, 4) is 11.8 Å². The second-order valence-corrected chi connectivity index (χ2v) is 3.11. The Kier molecular flexibility index (Phi) is 0.896. The summed E-state index contributed by atoms with van der Waals surface area (Å²) in [6.45, 7) is 3.12. The Morgan fingerprint density at radius 3 is 2.78 bits per heavy atom. The highest BCUT2D eigenvalue weighted by molar-refractivity contribution is 5.26. The molecule has 1 nitrogen and oxygen atoms in total. The Morgan fingerprint density at radius 1 is 1.56 bits per heavy atom. The molecular weight excluding hydrogens is 110 g/mol. The van der Waals surface area contributed by atoms with Crippen LogP contribution < -0.4 is 5.32 Å². The summed E-state index contributed by atoms with van der Waals surface area (Å²) >= 11 is 0. The maximum absolute atomic E-state index is 3.43. The third kappa shape index (κ3) is 0.601. The van der Waals surface area contributed by atoms with Crippen LogP contribution in [0.5, 0.6) is 0 Å². The summed E-state index contributed by atoms with van der Waals surface area (Å²) in [4.78, 5) is 0. The topological polar surface area (TPSA) is 12.0 Å². The first-order chi connectivity index (χ1) is 4.35. The van der Waals surface area contributed by atoms with Crippen LogP contribution in [0.4, 0.5) is 0 Å². The molecule has 0 atom stereocenters. The lowest BCUT2D eigenvalue weighted by atomic mass is 9.74. The molecule has 0 radical (unpaired) electrons. The van der Waals surface area contributed by atoms with Crippen LogP contribution in [-0.4, -0.2) is 12.1 Å². The second kappa shape index (κ2) is 1.52. The minimum Gasteiger partial charge on any atom is -0.301 e. The average molecular weight is 121 g/mol. The van der Waals surface area contributed by atoms with E-state index in [2.05, 4.69) is 17.2 Å². The van der Waals surface area contributed by atoms with Gasteiger partial charge in [-0.1, -0.05) is 5.92 Å². The zero-order chi connectivity index (χ0) is 6.32. The fourth-order valence-corrected chi connectivity index (χ4v) is 1.94. The van der Waals surface area contributed by atoms with E-state index in [4.69, 9.17) is 0 Å². The van der Waals surface area contributed by atoms with Crippen LogP contribution in [-0.2, 0) is 0 Å². The van der Waals surface area contributed by atoms with Crippen molar-refractivity contribution in [2.75, 3.05) is 6.54 Å². The SMILES string of the molecule is CC#CC12CC(CN1)C2. The lowest BCUT2D eigenvalue weighted by molar-refractivity contribution is 0.299. The molecule has 0 aromatic heterocycles. The molecule has 3 rings (SSSR count). The van der Waals surface area contributed by atoms with Crippen molar-refractivity contribution in [1.82, 2.24) is 5.32 Å². The average Bonchev–Trinajstić information content (AvgIpc) is 2.22. The molecule has 0 aromatic carbocycles. The van der Waals surface area contributed by atoms with Gasteiger partial charge in [0.2, 0.25) is 0 Å². The molecule has 0 unspecified atom stereocenters. The maximum atomic E-state index is 3.43. The molecule has 0 amide bonds. The zero-order valence-electron chi connectivity index (χ0n) is 5.70. The summed E-state index contributed by atoms with van der Waals surface area (Å²) in [6.07, 6.45) is 2.60. The Morgan fingerprint density at radius 2 is 2.33 bits per heavy atom. The van der Waals surface area contributed by atoms with Gasteiger partial charge in [-0.2, -0.15) is 0 Å². The number of fused-ring (bicyclic) bond motifs is 1. The van der Waals surface area contributed by atoms with E-state index >= 15 is 0 Å². The molecule has 2 bridgehead atoms. The van der Waals surface area contributed by atoms with Gasteiger partial charge in [0.15, 0.2) is 0 Å². The molecular formula is C8H11N. The summed E-state index contributed by atoms with van der Waals surface area (Å²) in [5.74, 6) is 7.15. The van der Waals surface area contributed by atoms with E-state index in [1.165, 1.54) is 19.4 Å². The Balaban J connectivity index is 2.16.